The summed E-state index contributed by atoms with van der Waals surface area (Å²) >= 11 is 0. The Hall–Kier alpha value is -3.81. The maximum atomic E-state index is 11.7. The van der Waals surface area contributed by atoms with Gasteiger partial charge in [-0.3, -0.25) is 0 Å². The summed E-state index contributed by atoms with van der Waals surface area (Å²) in [7, 11) is 4.57. The smallest absolute Gasteiger partial charge is 0.337 e. The molecule has 29 heavy (non-hydrogen) atoms. The molecule has 0 radical (unpaired) electrons. The fraction of sp³-hybridized carbons (Fsp3) is 0.190. The minimum absolute atomic E-state index is 0.191. The van der Waals surface area contributed by atoms with Crippen molar-refractivity contribution in [1.82, 2.24) is 14.8 Å². The molecule has 148 valence electrons. The van der Waals surface area contributed by atoms with E-state index < -0.39 is 0 Å². The Morgan fingerprint density at radius 2 is 1.79 bits per heavy atom. The van der Waals surface area contributed by atoms with Crippen LogP contribution in [0.5, 0.6) is 11.5 Å². The summed E-state index contributed by atoms with van der Waals surface area (Å²) in [6.07, 6.45) is 3.56. The van der Waals surface area contributed by atoms with E-state index >= 15 is 0 Å². The van der Waals surface area contributed by atoms with E-state index in [0.29, 0.717) is 23.0 Å². The van der Waals surface area contributed by atoms with Gasteiger partial charge in [0.05, 0.1) is 26.9 Å². The summed E-state index contributed by atoms with van der Waals surface area (Å²) in [5.41, 5.74) is 3.25. The summed E-state index contributed by atoms with van der Waals surface area (Å²) in [6.45, 7) is 0. The topological polar surface area (TPSA) is 87.5 Å². The molecule has 8 heteroatoms. The van der Waals surface area contributed by atoms with Crippen LogP contribution in [-0.2, 0) is 4.74 Å². The lowest BCUT2D eigenvalue weighted by Crippen LogP contribution is -2.20. The van der Waals surface area contributed by atoms with E-state index in [0.717, 1.165) is 16.8 Å². The van der Waals surface area contributed by atoms with Crippen molar-refractivity contribution in [2.24, 2.45) is 0 Å². The van der Waals surface area contributed by atoms with Crippen LogP contribution in [0.2, 0.25) is 0 Å². The van der Waals surface area contributed by atoms with E-state index in [-0.39, 0.29) is 12.0 Å². The maximum Gasteiger partial charge on any atom is 0.337 e. The van der Waals surface area contributed by atoms with E-state index in [2.05, 4.69) is 21.5 Å². The zero-order valence-electron chi connectivity index (χ0n) is 16.2. The Morgan fingerprint density at radius 1 is 1.03 bits per heavy atom. The number of esters is 1. The first kappa shape index (κ1) is 18.5. The highest BCUT2D eigenvalue weighted by molar-refractivity contribution is 5.89. The molecule has 8 nitrogen and oxygen atoms in total. The molecule has 1 aliphatic rings. The van der Waals surface area contributed by atoms with Gasteiger partial charge in [-0.15, -0.1) is 0 Å². The van der Waals surface area contributed by atoms with Crippen LogP contribution in [0.1, 0.15) is 27.5 Å². The molecule has 0 saturated carbocycles. The van der Waals surface area contributed by atoms with E-state index in [1.807, 2.05) is 30.3 Å². The van der Waals surface area contributed by atoms with Crippen LogP contribution in [-0.4, -0.2) is 42.1 Å². The number of aromatic nitrogens is 3. The van der Waals surface area contributed by atoms with E-state index in [4.69, 9.17) is 14.2 Å². The number of ether oxygens (including phenoxy) is 3. The molecule has 1 unspecified atom stereocenters. The number of nitrogens with one attached hydrogen (secondary N) is 1. The van der Waals surface area contributed by atoms with Crippen LogP contribution in [0.15, 0.2) is 54.9 Å². The summed E-state index contributed by atoms with van der Waals surface area (Å²) in [6, 6.07) is 12.8. The summed E-state index contributed by atoms with van der Waals surface area (Å²) < 4.78 is 17.3. The molecule has 4 rings (SSSR count). The highest BCUT2D eigenvalue weighted by Crippen LogP contribution is 2.35. The zero-order chi connectivity index (χ0) is 20.4. The van der Waals surface area contributed by atoms with Gasteiger partial charge >= 0.3 is 5.97 Å². The predicted molar refractivity (Wildman–Crippen MR) is 107 cm³/mol. The first-order chi connectivity index (χ1) is 14.1. The van der Waals surface area contributed by atoms with Gasteiger partial charge in [-0.25, -0.2) is 9.48 Å². The predicted octanol–water partition coefficient (Wildman–Crippen LogP) is 3.14. The second kappa shape index (κ2) is 7.67. The highest BCUT2D eigenvalue weighted by atomic mass is 16.5. The number of carbonyl (C=O) groups excluding carboxylic acids is 1. The van der Waals surface area contributed by atoms with Gasteiger partial charge in [-0.2, -0.15) is 10.1 Å². The van der Waals surface area contributed by atoms with Crippen LogP contribution in [0.25, 0.3) is 5.70 Å². The number of hydrogen-bond donors (Lipinski definition) is 1. The summed E-state index contributed by atoms with van der Waals surface area (Å²) in [5.74, 6) is 1.55. The number of methoxy groups -OCH3 is 3. The quantitative estimate of drug-likeness (QED) is 0.668. The molecule has 0 spiro atoms. The van der Waals surface area contributed by atoms with Crippen molar-refractivity contribution in [3.63, 3.8) is 0 Å². The number of rotatable bonds is 5. The standard InChI is InChI=1S/C21H20N4O4/c1-27-18-9-8-15(10-19(18)28-2)16-11-17(25-21(24-16)22-12-23-25)13-4-6-14(7-5-13)20(26)29-3/h4-12,17H,1-3H3,(H,22,23,24). The molecule has 1 aromatic heterocycles. The Morgan fingerprint density at radius 3 is 2.48 bits per heavy atom. The van der Waals surface area contributed by atoms with Crippen LogP contribution < -0.4 is 14.8 Å². The Bertz CT molecular complexity index is 1070. The van der Waals surface area contributed by atoms with Crippen LogP contribution in [0, 0.1) is 0 Å². The van der Waals surface area contributed by atoms with E-state index in [9.17, 15) is 4.79 Å². The molecule has 2 aromatic carbocycles. The number of allylic oxidation sites excluding steroid dienone is 1. The van der Waals surface area contributed by atoms with Crippen molar-refractivity contribution in [3.05, 3.63) is 71.6 Å². The molecule has 2 heterocycles. The Balaban J connectivity index is 1.74. The van der Waals surface area contributed by atoms with Gasteiger partial charge in [0.15, 0.2) is 11.5 Å². The number of fused-ring (bicyclic) bond motifs is 1. The fourth-order valence-corrected chi connectivity index (χ4v) is 3.28. The first-order valence-electron chi connectivity index (χ1n) is 8.93. The number of hydrogen-bond acceptors (Lipinski definition) is 7. The third-order valence-corrected chi connectivity index (χ3v) is 4.78. The first-order valence-corrected chi connectivity index (χ1v) is 8.93. The lowest BCUT2D eigenvalue weighted by molar-refractivity contribution is 0.0600. The molecule has 0 saturated heterocycles. The highest BCUT2D eigenvalue weighted by Gasteiger charge is 2.24. The van der Waals surface area contributed by atoms with Crippen LogP contribution in [0.4, 0.5) is 5.95 Å². The molecule has 0 aliphatic carbocycles. The van der Waals surface area contributed by atoms with Gasteiger partial charge in [0.1, 0.15) is 12.4 Å². The largest absolute Gasteiger partial charge is 0.493 e. The van der Waals surface area contributed by atoms with E-state index in [1.165, 1.54) is 13.4 Å². The molecule has 1 atom stereocenters. The van der Waals surface area contributed by atoms with Crippen molar-refractivity contribution in [3.8, 4) is 11.5 Å². The number of carbonyl (C=O) groups is 1. The van der Waals surface area contributed by atoms with Crippen molar-refractivity contribution in [2.75, 3.05) is 26.6 Å². The average molecular weight is 392 g/mol. The monoisotopic (exact) mass is 392 g/mol. The molecule has 3 aromatic rings. The normalized spacial score (nSPS) is 15.0. The van der Waals surface area contributed by atoms with Crippen molar-refractivity contribution in [1.29, 1.82) is 0 Å². The second-order valence-corrected chi connectivity index (χ2v) is 6.36. The summed E-state index contributed by atoms with van der Waals surface area (Å²) in [4.78, 5) is 16.0. The molecule has 1 N–H and O–H groups in total. The third-order valence-electron chi connectivity index (χ3n) is 4.78. The lowest BCUT2D eigenvalue weighted by Gasteiger charge is -2.25. The minimum Gasteiger partial charge on any atom is -0.493 e. The van der Waals surface area contributed by atoms with Crippen molar-refractivity contribution in [2.45, 2.75) is 6.04 Å². The molecule has 1 aliphatic heterocycles. The maximum absolute atomic E-state index is 11.7. The van der Waals surface area contributed by atoms with Gasteiger partial charge in [-0.05, 0) is 42.0 Å². The number of nitrogens with zero attached hydrogens (tertiary/aromatic N) is 3. The van der Waals surface area contributed by atoms with E-state index in [1.54, 1.807) is 31.0 Å². The molecule has 0 bridgehead atoms. The SMILES string of the molecule is COC(=O)c1ccc(C2C=C(c3ccc(OC)c(OC)c3)Nc3ncnn32)cc1. The summed E-state index contributed by atoms with van der Waals surface area (Å²) in [5, 5.41) is 7.64. The van der Waals surface area contributed by atoms with Gasteiger partial charge < -0.3 is 19.5 Å². The number of anilines is 1. The van der Waals surface area contributed by atoms with Crippen LogP contribution in [0.3, 0.4) is 0 Å². The Labute approximate surface area is 167 Å². The average Bonchev–Trinajstić information content (AvgIpc) is 3.26. The molecule has 0 fully saturated rings. The van der Waals surface area contributed by atoms with Gasteiger partial charge in [-0.1, -0.05) is 12.1 Å². The van der Waals surface area contributed by atoms with Gasteiger partial charge in [0.2, 0.25) is 5.95 Å². The van der Waals surface area contributed by atoms with Gasteiger partial charge in [0.25, 0.3) is 0 Å². The number of benzene rings is 2. The second-order valence-electron chi connectivity index (χ2n) is 6.36. The molecular formula is C21H20N4O4. The lowest BCUT2D eigenvalue weighted by atomic mass is 10.0. The molecule has 0 amide bonds. The van der Waals surface area contributed by atoms with Crippen LogP contribution >= 0.6 is 0 Å². The fourth-order valence-electron chi connectivity index (χ4n) is 3.28. The third kappa shape index (κ3) is 3.40. The zero-order valence-corrected chi connectivity index (χ0v) is 16.2. The minimum atomic E-state index is -0.370. The van der Waals surface area contributed by atoms with Gasteiger partial charge in [0, 0.05) is 11.3 Å². The van der Waals surface area contributed by atoms with Crippen molar-refractivity contribution >= 4 is 17.6 Å². The van der Waals surface area contributed by atoms with Crippen molar-refractivity contribution < 1.29 is 19.0 Å². The Kier molecular flexibility index (Phi) is 4.90. The molecular weight excluding hydrogens is 372 g/mol.